The van der Waals surface area contributed by atoms with Crippen molar-refractivity contribution in [2.24, 2.45) is 0 Å². The molecular weight excluding hydrogens is 436 g/mol. The molecule has 30 heavy (non-hydrogen) atoms. The van der Waals surface area contributed by atoms with Gasteiger partial charge in [-0.3, -0.25) is 9.62 Å². The number of piperidine rings is 1. The molecule has 2 aromatic heterocycles. The molecule has 1 aliphatic rings. The molecule has 0 unspecified atom stereocenters. The van der Waals surface area contributed by atoms with Crippen LogP contribution >= 0.6 is 22.7 Å². The third-order valence-electron chi connectivity index (χ3n) is 5.22. The average molecular weight is 463 g/mol. The van der Waals surface area contributed by atoms with Crippen LogP contribution in [0, 0.1) is 0 Å². The number of rotatable bonds is 8. The SMILES string of the molecule is CS(=O)(=O)Nc1ccccc1CN1CCC(O[C@@H](c2ccsc2)c2cccs2)CC1. The smallest absolute Gasteiger partial charge is 0.229 e. The fraction of sp³-hybridized carbons (Fsp3) is 0.364. The third kappa shape index (κ3) is 5.70. The first kappa shape index (κ1) is 21.5. The zero-order valence-corrected chi connectivity index (χ0v) is 19.3. The summed E-state index contributed by atoms with van der Waals surface area (Å²) < 4.78 is 32.5. The molecule has 3 aromatic rings. The lowest BCUT2D eigenvalue weighted by molar-refractivity contribution is -0.0266. The molecule has 3 heterocycles. The molecule has 1 atom stereocenters. The van der Waals surface area contributed by atoms with E-state index in [1.807, 2.05) is 24.3 Å². The second-order valence-electron chi connectivity index (χ2n) is 7.60. The van der Waals surface area contributed by atoms with Crippen LogP contribution in [-0.4, -0.2) is 38.8 Å². The lowest BCUT2D eigenvalue weighted by atomic mass is 10.0. The average Bonchev–Trinajstić information content (AvgIpc) is 3.42. The number of para-hydroxylation sites is 1. The van der Waals surface area contributed by atoms with Gasteiger partial charge in [0.1, 0.15) is 6.10 Å². The number of benzene rings is 1. The van der Waals surface area contributed by atoms with E-state index in [1.54, 1.807) is 22.7 Å². The van der Waals surface area contributed by atoms with Crippen LogP contribution in [0.15, 0.2) is 58.6 Å². The molecule has 1 aliphatic heterocycles. The second-order valence-corrected chi connectivity index (χ2v) is 11.1. The first-order valence-electron chi connectivity index (χ1n) is 9.97. The van der Waals surface area contributed by atoms with Crippen molar-refractivity contribution in [3.63, 3.8) is 0 Å². The number of nitrogens with one attached hydrogen (secondary N) is 1. The predicted octanol–water partition coefficient (Wildman–Crippen LogP) is 4.95. The van der Waals surface area contributed by atoms with Crippen LogP contribution in [0.25, 0.3) is 0 Å². The summed E-state index contributed by atoms with van der Waals surface area (Å²) in [5, 5.41) is 6.37. The van der Waals surface area contributed by atoms with Gasteiger partial charge in [0, 0.05) is 24.5 Å². The molecule has 0 saturated carbocycles. The van der Waals surface area contributed by atoms with Gasteiger partial charge in [0.15, 0.2) is 0 Å². The normalized spacial score (nSPS) is 17.1. The Morgan fingerprint density at radius 1 is 1.13 bits per heavy atom. The minimum absolute atomic E-state index is 0.00693. The van der Waals surface area contributed by atoms with Crippen molar-refractivity contribution in [2.45, 2.75) is 31.6 Å². The van der Waals surface area contributed by atoms with Gasteiger partial charge in [0.2, 0.25) is 10.0 Å². The van der Waals surface area contributed by atoms with E-state index in [0.717, 1.165) is 38.0 Å². The minimum atomic E-state index is -3.29. The maximum Gasteiger partial charge on any atom is 0.229 e. The van der Waals surface area contributed by atoms with Gasteiger partial charge in [-0.1, -0.05) is 24.3 Å². The zero-order valence-electron chi connectivity index (χ0n) is 16.9. The van der Waals surface area contributed by atoms with E-state index >= 15 is 0 Å². The Bertz CT molecular complexity index is 991. The Labute approximate surface area is 186 Å². The van der Waals surface area contributed by atoms with E-state index in [4.69, 9.17) is 4.74 Å². The lowest BCUT2D eigenvalue weighted by Gasteiger charge is -2.34. The van der Waals surface area contributed by atoms with Gasteiger partial charge < -0.3 is 4.74 Å². The molecule has 1 aromatic carbocycles. The monoisotopic (exact) mass is 462 g/mol. The van der Waals surface area contributed by atoms with Crippen LogP contribution in [0.5, 0.6) is 0 Å². The van der Waals surface area contributed by atoms with Gasteiger partial charge in [-0.25, -0.2) is 8.42 Å². The van der Waals surface area contributed by atoms with Gasteiger partial charge in [-0.05, 0) is 58.3 Å². The molecule has 0 amide bonds. The highest BCUT2D eigenvalue weighted by molar-refractivity contribution is 7.92. The largest absolute Gasteiger partial charge is 0.365 e. The van der Waals surface area contributed by atoms with Crippen molar-refractivity contribution in [3.8, 4) is 0 Å². The summed E-state index contributed by atoms with van der Waals surface area (Å²) in [6.07, 6.45) is 3.34. The zero-order chi connectivity index (χ0) is 21.0. The van der Waals surface area contributed by atoms with Crippen LogP contribution in [0.4, 0.5) is 5.69 Å². The Hall–Kier alpha value is -1.71. The van der Waals surface area contributed by atoms with E-state index in [9.17, 15) is 8.42 Å². The maximum absolute atomic E-state index is 11.6. The van der Waals surface area contributed by atoms with Crippen molar-refractivity contribution >= 4 is 38.4 Å². The van der Waals surface area contributed by atoms with Crippen molar-refractivity contribution in [2.75, 3.05) is 24.1 Å². The van der Waals surface area contributed by atoms with Crippen LogP contribution < -0.4 is 4.72 Å². The van der Waals surface area contributed by atoms with Gasteiger partial charge in [0.25, 0.3) is 0 Å². The summed E-state index contributed by atoms with van der Waals surface area (Å²) in [6, 6.07) is 14.0. The highest BCUT2D eigenvalue weighted by Crippen LogP contribution is 2.34. The fourth-order valence-corrected chi connectivity index (χ4v) is 5.83. The van der Waals surface area contributed by atoms with Gasteiger partial charge in [0.05, 0.1) is 18.0 Å². The molecule has 0 bridgehead atoms. The molecule has 1 saturated heterocycles. The molecule has 1 N–H and O–H groups in total. The summed E-state index contributed by atoms with van der Waals surface area (Å²) in [4.78, 5) is 3.62. The van der Waals surface area contributed by atoms with Crippen LogP contribution in [0.1, 0.15) is 34.9 Å². The third-order valence-corrected chi connectivity index (χ3v) is 7.43. The summed E-state index contributed by atoms with van der Waals surface area (Å²) >= 11 is 3.44. The summed E-state index contributed by atoms with van der Waals surface area (Å²) in [6.45, 7) is 2.58. The Morgan fingerprint density at radius 2 is 1.93 bits per heavy atom. The molecule has 5 nitrogen and oxygen atoms in total. The number of ether oxygens (including phenoxy) is 1. The van der Waals surface area contributed by atoms with Crippen molar-refractivity contribution in [1.29, 1.82) is 0 Å². The number of sulfonamides is 1. The van der Waals surface area contributed by atoms with Crippen molar-refractivity contribution < 1.29 is 13.2 Å². The van der Waals surface area contributed by atoms with Crippen LogP contribution in [0.3, 0.4) is 0 Å². The molecule has 4 rings (SSSR count). The number of thiophene rings is 2. The maximum atomic E-state index is 11.6. The van der Waals surface area contributed by atoms with E-state index in [0.29, 0.717) is 5.69 Å². The summed E-state index contributed by atoms with van der Waals surface area (Å²) in [5.74, 6) is 0. The first-order chi connectivity index (χ1) is 14.5. The molecule has 0 spiro atoms. The lowest BCUT2D eigenvalue weighted by Crippen LogP contribution is -2.37. The quantitative estimate of drug-likeness (QED) is 0.514. The fourth-order valence-electron chi connectivity index (χ4n) is 3.77. The van der Waals surface area contributed by atoms with Crippen molar-refractivity contribution in [1.82, 2.24) is 4.90 Å². The van der Waals surface area contributed by atoms with E-state index in [-0.39, 0.29) is 12.2 Å². The number of hydrogen-bond acceptors (Lipinski definition) is 6. The summed E-state index contributed by atoms with van der Waals surface area (Å²) in [5.41, 5.74) is 2.89. The highest BCUT2D eigenvalue weighted by atomic mass is 32.2. The molecule has 0 aliphatic carbocycles. The van der Waals surface area contributed by atoms with E-state index in [2.05, 4.69) is 44.0 Å². The van der Waals surface area contributed by atoms with Crippen molar-refractivity contribution in [3.05, 3.63) is 74.6 Å². The second kappa shape index (κ2) is 9.62. The number of nitrogens with zero attached hydrogens (tertiary/aromatic N) is 1. The molecule has 160 valence electrons. The Morgan fingerprint density at radius 3 is 2.60 bits per heavy atom. The molecule has 8 heteroatoms. The van der Waals surface area contributed by atoms with Gasteiger partial charge in [-0.15, -0.1) is 11.3 Å². The first-order valence-corrected chi connectivity index (χ1v) is 13.7. The topological polar surface area (TPSA) is 58.6 Å². The number of anilines is 1. The molecule has 0 radical (unpaired) electrons. The van der Waals surface area contributed by atoms with Gasteiger partial charge in [-0.2, -0.15) is 11.3 Å². The molecule has 1 fully saturated rings. The molecular formula is C22H26N2O3S3. The summed E-state index contributed by atoms with van der Waals surface area (Å²) in [7, 11) is -3.29. The highest BCUT2D eigenvalue weighted by Gasteiger charge is 2.26. The minimum Gasteiger partial charge on any atom is -0.365 e. The number of likely N-dealkylation sites (tertiary alicyclic amines) is 1. The van der Waals surface area contributed by atoms with Crippen LogP contribution in [-0.2, 0) is 21.3 Å². The van der Waals surface area contributed by atoms with E-state index < -0.39 is 10.0 Å². The van der Waals surface area contributed by atoms with Crippen LogP contribution in [0.2, 0.25) is 0 Å². The van der Waals surface area contributed by atoms with Gasteiger partial charge >= 0.3 is 0 Å². The van der Waals surface area contributed by atoms with E-state index in [1.165, 1.54) is 16.7 Å². The number of hydrogen-bond donors (Lipinski definition) is 1. The Balaban J connectivity index is 1.37. The Kier molecular flexibility index (Phi) is 6.90. The predicted molar refractivity (Wildman–Crippen MR) is 125 cm³/mol. The standard InChI is InChI=1S/C22H26N2O3S3/c1-30(25,26)23-20-6-3-2-5-17(20)15-24-11-8-19(9-12-24)27-22(18-10-14-28-16-18)21-7-4-13-29-21/h2-7,10,13-14,16,19,22-23H,8-9,11-12,15H2,1H3/t22-/m0/s1.